The number of nitrogens with one attached hydrogen (secondary N) is 1. The number of amides is 1. The van der Waals surface area contributed by atoms with Crippen LogP contribution < -0.4 is 5.32 Å². The first-order chi connectivity index (χ1) is 11.8. The molecule has 0 spiro atoms. The van der Waals surface area contributed by atoms with Crippen LogP contribution in [0.15, 0.2) is 24.3 Å². The highest BCUT2D eigenvalue weighted by molar-refractivity contribution is 5.75. The highest BCUT2D eigenvalue weighted by Crippen LogP contribution is 2.29. The maximum absolute atomic E-state index is 12.1. The fourth-order valence-corrected chi connectivity index (χ4v) is 3.19. The van der Waals surface area contributed by atoms with Crippen LogP contribution in [0.25, 0.3) is 0 Å². The van der Waals surface area contributed by atoms with E-state index < -0.39 is 0 Å². The van der Waals surface area contributed by atoms with Crippen molar-refractivity contribution in [2.45, 2.75) is 58.3 Å². The predicted molar refractivity (Wildman–Crippen MR) is 101 cm³/mol. The van der Waals surface area contributed by atoms with Gasteiger partial charge in [0.05, 0.1) is 6.61 Å². The molecular weight excluding hydrogens is 314 g/mol. The zero-order chi connectivity index (χ0) is 18.3. The Balaban J connectivity index is 1.71. The van der Waals surface area contributed by atoms with Crippen LogP contribution in [0.3, 0.4) is 0 Å². The Hall–Kier alpha value is -1.39. The van der Waals surface area contributed by atoms with Gasteiger partial charge in [0.1, 0.15) is 0 Å². The molecule has 1 aliphatic rings. The third kappa shape index (κ3) is 6.12. The average molecular weight is 347 g/mol. The molecule has 0 bridgehead atoms. The van der Waals surface area contributed by atoms with Crippen LogP contribution >= 0.6 is 0 Å². The minimum atomic E-state index is -0.198. The molecule has 1 aliphatic heterocycles. The standard InChI is InChI=1S/C21H33NO3/c1-20(2,3)18-9-7-17(8-10-18)5-4-6-19(24)22-15-21(16-23)11-13-25-14-12-21/h7-10,23H,4-6,11-16H2,1-3H3,(H,22,24). The van der Waals surface area contributed by atoms with Crippen molar-refractivity contribution in [1.82, 2.24) is 5.32 Å². The predicted octanol–water partition coefficient (Wildman–Crippen LogP) is 3.21. The summed E-state index contributed by atoms with van der Waals surface area (Å²) in [4.78, 5) is 12.1. The summed E-state index contributed by atoms with van der Waals surface area (Å²) >= 11 is 0. The zero-order valence-electron chi connectivity index (χ0n) is 15.9. The maximum Gasteiger partial charge on any atom is 0.220 e. The lowest BCUT2D eigenvalue weighted by atomic mass is 9.81. The second-order valence-electron chi connectivity index (χ2n) is 8.35. The van der Waals surface area contributed by atoms with E-state index in [0.29, 0.717) is 26.2 Å². The van der Waals surface area contributed by atoms with E-state index in [9.17, 15) is 9.90 Å². The Labute approximate surface area is 152 Å². The Morgan fingerprint density at radius 2 is 1.84 bits per heavy atom. The second-order valence-corrected chi connectivity index (χ2v) is 8.35. The second kappa shape index (κ2) is 8.81. The van der Waals surface area contributed by atoms with Crippen molar-refractivity contribution in [2.24, 2.45) is 5.41 Å². The molecule has 4 nitrogen and oxygen atoms in total. The quantitative estimate of drug-likeness (QED) is 0.796. The number of aryl methyl sites for hydroxylation is 1. The van der Waals surface area contributed by atoms with Gasteiger partial charge in [0.15, 0.2) is 0 Å². The van der Waals surface area contributed by atoms with E-state index in [1.165, 1.54) is 11.1 Å². The third-order valence-electron chi connectivity index (χ3n) is 5.24. The Kier molecular flexibility index (Phi) is 7.03. The van der Waals surface area contributed by atoms with Crippen LogP contribution in [-0.4, -0.2) is 37.4 Å². The number of ether oxygens (including phenoxy) is 1. The molecule has 0 aromatic heterocycles. The van der Waals surface area contributed by atoms with Gasteiger partial charge in [-0.2, -0.15) is 0 Å². The monoisotopic (exact) mass is 347 g/mol. The van der Waals surface area contributed by atoms with Crippen LogP contribution in [0.5, 0.6) is 0 Å². The first kappa shape index (κ1) is 19.9. The van der Waals surface area contributed by atoms with Gasteiger partial charge in [-0.05, 0) is 42.2 Å². The number of aliphatic hydroxyl groups excluding tert-OH is 1. The lowest BCUT2D eigenvalue weighted by Gasteiger charge is -2.35. The summed E-state index contributed by atoms with van der Waals surface area (Å²) in [5.41, 5.74) is 2.58. The van der Waals surface area contributed by atoms with Gasteiger partial charge in [0.25, 0.3) is 0 Å². The highest BCUT2D eigenvalue weighted by atomic mass is 16.5. The highest BCUT2D eigenvalue weighted by Gasteiger charge is 2.32. The molecule has 140 valence electrons. The molecule has 1 amide bonds. The summed E-state index contributed by atoms with van der Waals surface area (Å²) in [6.07, 6.45) is 3.90. The summed E-state index contributed by atoms with van der Waals surface area (Å²) in [5, 5.41) is 12.7. The normalized spacial score (nSPS) is 17.3. The molecule has 2 N–H and O–H groups in total. The van der Waals surface area contributed by atoms with Crippen LogP contribution in [0.4, 0.5) is 0 Å². The molecule has 4 heteroatoms. The number of hydrogen-bond donors (Lipinski definition) is 2. The molecule has 1 fully saturated rings. The summed E-state index contributed by atoms with van der Waals surface area (Å²) in [6.45, 7) is 8.63. The topological polar surface area (TPSA) is 58.6 Å². The van der Waals surface area contributed by atoms with Gasteiger partial charge in [0, 0.05) is 31.6 Å². The van der Waals surface area contributed by atoms with Gasteiger partial charge in [-0.1, -0.05) is 45.0 Å². The average Bonchev–Trinajstić information content (AvgIpc) is 2.60. The van der Waals surface area contributed by atoms with E-state index in [0.717, 1.165) is 25.7 Å². The number of aliphatic hydroxyl groups is 1. The summed E-state index contributed by atoms with van der Waals surface area (Å²) in [7, 11) is 0. The first-order valence-electron chi connectivity index (χ1n) is 9.39. The molecule has 2 rings (SSSR count). The van der Waals surface area contributed by atoms with Crippen molar-refractivity contribution in [3.8, 4) is 0 Å². The summed E-state index contributed by atoms with van der Waals surface area (Å²) in [5.74, 6) is 0.0747. The van der Waals surface area contributed by atoms with Crippen LogP contribution in [0.2, 0.25) is 0 Å². The smallest absolute Gasteiger partial charge is 0.220 e. The SMILES string of the molecule is CC(C)(C)c1ccc(CCCC(=O)NCC2(CO)CCOCC2)cc1. The van der Waals surface area contributed by atoms with Gasteiger partial charge >= 0.3 is 0 Å². The van der Waals surface area contributed by atoms with E-state index in [1.54, 1.807) is 0 Å². The van der Waals surface area contributed by atoms with Gasteiger partial charge in [0.2, 0.25) is 5.91 Å². The number of rotatable bonds is 7. The van der Waals surface area contributed by atoms with Crippen molar-refractivity contribution in [3.05, 3.63) is 35.4 Å². The molecule has 0 saturated carbocycles. The Morgan fingerprint density at radius 3 is 2.40 bits per heavy atom. The molecule has 1 heterocycles. The minimum Gasteiger partial charge on any atom is -0.396 e. The number of hydrogen-bond acceptors (Lipinski definition) is 3. The van der Waals surface area contributed by atoms with Crippen molar-refractivity contribution in [1.29, 1.82) is 0 Å². The minimum absolute atomic E-state index is 0.0747. The van der Waals surface area contributed by atoms with E-state index >= 15 is 0 Å². The lowest BCUT2D eigenvalue weighted by molar-refractivity contribution is -0.122. The molecule has 1 aromatic rings. The molecule has 25 heavy (non-hydrogen) atoms. The van der Waals surface area contributed by atoms with E-state index in [1.807, 2.05) is 0 Å². The van der Waals surface area contributed by atoms with Crippen molar-refractivity contribution < 1.29 is 14.6 Å². The van der Waals surface area contributed by atoms with Gasteiger partial charge in [-0.3, -0.25) is 4.79 Å². The molecule has 0 atom stereocenters. The van der Waals surface area contributed by atoms with E-state index in [-0.39, 0.29) is 23.3 Å². The third-order valence-corrected chi connectivity index (χ3v) is 5.24. The first-order valence-corrected chi connectivity index (χ1v) is 9.39. The molecule has 1 aromatic carbocycles. The Bertz CT molecular complexity index is 539. The molecular formula is C21H33NO3. The van der Waals surface area contributed by atoms with E-state index in [2.05, 4.69) is 50.4 Å². The number of carbonyl (C=O) groups excluding carboxylic acids is 1. The van der Waals surface area contributed by atoms with Crippen LogP contribution in [-0.2, 0) is 21.4 Å². The Morgan fingerprint density at radius 1 is 1.20 bits per heavy atom. The van der Waals surface area contributed by atoms with Crippen molar-refractivity contribution in [2.75, 3.05) is 26.4 Å². The number of carbonyl (C=O) groups is 1. The van der Waals surface area contributed by atoms with Gasteiger partial charge in [-0.25, -0.2) is 0 Å². The van der Waals surface area contributed by atoms with Gasteiger partial charge in [-0.15, -0.1) is 0 Å². The van der Waals surface area contributed by atoms with Crippen LogP contribution in [0, 0.1) is 5.41 Å². The fourth-order valence-electron chi connectivity index (χ4n) is 3.19. The largest absolute Gasteiger partial charge is 0.396 e. The molecule has 0 unspecified atom stereocenters. The van der Waals surface area contributed by atoms with Gasteiger partial charge < -0.3 is 15.2 Å². The van der Waals surface area contributed by atoms with Crippen molar-refractivity contribution in [3.63, 3.8) is 0 Å². The fraction of sp³-hybridized carbons (Fsp3) is 0.667. The molecule has 1 saturated heterocycles. The lowest BCUT2D eigenvalue weighted by Crippen LogP contribution is -2.43. The van der Waals surface area contributed by atoms with E-state index in [4.69, 9.17) is 4.74 Å². The molecule has 0 radical (unpaired) electrons. The zero-order valence-corrected chi connectivity index (χ0v) is 15.9. The maximum atomic E-state index is 12.1. The molecule has 0 aliphatic carbocycles. The van der Waals surface area contributed by atoms with Crippen molar-refractivity contribution >= 4 is 5.91 Å². The number of benzene rings is 1. The summed E-state index contributed by atoms with van der Waals surface area (Å²) < 4.78 is 5.35. The summed E-state index contributed by atoms with van der Waals surface area (Å²) in [6, 6.07) is 8.71. The van der Waals surface area contributed by atoms with Crippen LogP contribution in [0.1, 0.15) is 57.6 Å².